The minimum Gasteiger partial charge on any atom is -0.337 e. The van der Waals surface area contributed by atoms with Gasteiger partial charge in [-0.05, 0) is 51.5 Å². The number of nitrogens with zero attached hydrogens (tertiary/aromatic N) is 1. The van der Waals surface area contributed by atoms with Crippen molar-refractivity contribution in [2.24, 2.45) is 11.7 Å². The first-order valence-electron chi connectivity index (χ1n) is 6.25. The molecule has 2 fully saturated rings. The second kappa shape index (κ2) is 5.87. The number of halogens is 1. The summed E-state index contributed by atoms with van der Waals surface area (Å²) in [7, 11) is 0. The summed E-state index contributed by atoms with van der Waals surface area (Å²) in [5.41, 5.74) is 5.45. The Bertz CT molecular complexity index is 239. The number of carbonyl (C=O) groups is 1. The SMILES string of the molecule is CC(C1CC1)N(C(=O)CCCN)C1CC1.Cl. The lowest BCUT2D eigenvalue weighted by Gasteiger charge is -2.29. The van der Waals surface area contributed by atoms with Gasteiger partial charge in [-0.3, -0.25) is 4.79 Å². The van der Waals surface area contributed by atoms with Crippen LogP contribution in [0.4, 0.5) is 0 Å². The lowest BCUT2D eigenvalue weighted by molar-refractivity contribution is -0.134. The highest BCUT2D eigenvalue weighted by atomic mass is 35.5. The third kappa shape index (κ3) is 3.36. The molecular weight excluding hydrogens is 224 g/mol. The van der Waals surface area contributed by atoms with Crippen LogP contribution >= 0.6 is 12.4 Å². The van der Waals surface area contributed by atoms with Gasteiger partial charge in [-0.25, -0.2) is 0 Å². The van der Waals surface area contributed by atoms with Gasteiger partial charge in [-0.1, -0.05) is 0 Å². The summed E-state index contributed by atoms with van der Waals surface area (Å²) >= 11 is 0. The molecule has 0 saturated heterocycles. The van der Waals surface area contributed by atoms with E-state index in [4.69, 9.17) is 5.73 Å². The lowest BCUT2D eigenvalue weighted by Crippen LogP contribution is -2.41. The van der Waals surface area contributed by atoms with E-state index in [1.54, 1.807) is 0 Å². The quantitative estimate of drug-likeness (QED) is 0.779. The molecule has 1 atom stereocenters. The summed E-state index contributed by atoms with van der Waals surface area (Å²) in [6.07, 6.45) is 6.53. The molecule has 0 heterocycles. The van der Waals surface area contributed by atoms with Crippen molar-refractivity contribution in [2.45, 2.75) is 57.5 Å². The number of rotatable bonds is 6. The molecule has 4 heteroatoms. The molecule has 94 valence electrons. The molecule has 1 unspecified atom stereocenters. The number of nitrogens with two attached hydrogens (primary N) is 1. The van der Waals surface area contributed by atoms with Crippen LogP contribution in [0.2, 0.25) is 0 Å². The first-order chi connectivity index (χ1) is 7.24. The van der Waals surface area contributed by atoms with Crippen LogP contribution < -0.4 is 5.73 Å². The van der Waals surface area contributed by atoms with E-state index in [0.29, 0.717) is 31.0 Å². The zero-order chi connectivity index (χ0) is 10.8. The summed E-state index contributed by atoms with van der Waals surface area (Å²) in [5, 5.41) is 0. The fraction of sp³-hybridized carbons (Fsp3) is 0.917. The Morgan fingerprint density at radius 1 is 1.38 bits per heavy atom. The van der Waals surface area contributed by atoms with Crippen molar-refractivity contribution in [3.63, 3.8) is 0 Å². The number of carbonyl (C=O) groups excluding carboxylic acids is 1. The van der Waals surface area contributed by atoms with Crippen molar-refractivity contribution >= 4 is 18.3 Å². The molecule has 2 aliphatic rings. The van der Waals surface area contributed by atoms with Gasteiger partial charge in [0.1, 0.15) is 0 Å². The van der Waals surface area contributed by atoms with Gasteiger partial charge < -0.3 is 10.6 Å². The van der Waals surface area contributed by atoms with E-state index < -0.39 is 0 Å². The molecule has 0 aromatic rings. The first kappa shape index (κ1) is 13.8. The van der Waals surface area contributed by atoms with Gasteiger partial charge in [-0.15, -0.1) is 12.4 Å². The smallest absolute Gasteiger partial charge is 0.223 e. The molecule has 0 aromatic heterocycles. The maximum atomic E-state index is 12.0. The molecule has 0 spiro atoms. The van der Waals surface area contributed by atoms with Gasteiger partial charge in [0, 0.05) is 18.5 Å². The van der Waals surface area contributed by atoms with Crippen LogP contribution in [0.5, 0.6) is 0 Å². The molecule has 0 aromatic carbocycles. The van der Waals surface area contributed by atoms with Crippen LogP contribution in [0.25, 0.3) is 0 Å². The summed E-state index contributed by atoms with van der Waals surface area (Å²) in [6, 6.07) is 1.04. The van der Waals surface area contributed by atoms with Crippen LogP contribution in [0.1, 0.15) is 45.4 Å². The molecule has 3 nitrogen and oxygen atoms in total. The Labute approximate surface area is 104 Å². The van der Waals surface area contributed by atoms with E-state index in [-0.39, 0.29) is 12.4 Å². The molecule has 2 rings (SSSR count). The second-order valence-corrected chi connectivity index (χ2v) is 5.00. The zero-order valence-electron chi connectivity index (χ0n) is 10.0. The minimum absolute atomic E-state index is 0. The van der Waals surface area contributed by atoms with E-state index in [9.17, 15) is 4.79 Å². The highest BCUT2D eigenvalue weighted by Crippen LogP contribution is 2.39. The van der Waals surface area contributed by atoms with Crippen molar-refractivity contribution in [1.82, 2.24) is 4.90 Å². The second-order valence-electron chi connectivity index (χ2n) is 5.00. The Kier molecular flexibility index (Phi) is 5.06. The molecular formula is C12H23ClN2O. The standard InChI is InChI=1S/C12H22N2O.ClH/c1-9(10-4-5-10)14(11-6-7-11)12(15)3-2-8-13;/h9-11H,2-8,13H2,1H3;1H. The van der Waals surface area contributed by atoms with Crippen molar-refractivity contribution in [2.75, 3.05) is 6.54 Å². The summed E-state index contributed by atoms with van der Waals surface area (Å²) in [4.78, 5) is 14.2. The van der Waals surface area contributed by atoms with Crippen LogP contribution in [-0.2, 0) is 4.79 Å². The van der Waals surface area contributed by atoms with Gasteiger partial charge in [0.2, 0.25) is 5.91 Å². The van der Waals surface area contributed by atoms with Gasteiger partial charge in [0.25, 0.3) is 0 Å². The van der Waals surface area contributed by atoms with Crippen molar-refractivity contribution in [3.05, 3.63) is 0 Å². The Hall–Kier alpha value is -0.280. The maximum Gasteiger partial charge on any atom is 0.223 e. The van der Waals surface area contributed by atoms with E-state index in [0.717, 1.165) is 12.3 Å². The Morgan fingerprint density at radius 3 is 2.44 bits per heavy atom. The fourth-order valence-corrected chi connectivity index (χ4v) is 2.30. The molecule has 0 radical (unpaired) electrons. The topological polar surface area (TPSA) is 46.3 Å². The van der Waals surface area contributed by atoms with Crippen molar-refractivity contribution < 1.29 is 4.79 Å². The monoisotopic (exact) mass is 246 g/mol. The number of hydrogen-bond acceptors (Lipinski definition) is 2. The highest BCUT2D eigenvalue weighted by Gasteiger charge is 2.41. The number of hydrogen-bond donors (Lipinski definition) is 1. The largest absolute Gasteiger partial charge is 0.337 e. The normalized spacial score (nSPS) is 21.1. The number of amides is 1. The molecule has 0 aliphatic heterocycles. The molecule has 16 heavy (non-hydrogen) atoms. The van der Waals surface area contributed by atoms with Crippen LogP contribution in [-0.4, -0.2) is 29.4 Å². The summed E-state index contributed by atoms with van der Waals surface area (Å²) < 4.78 is 0. The Morgan fingerprint density at radius 2 is 2.00 bits per heavy atom. The zero-order valence-corrected chi connectivity index (χ0v) is 10.8. The highest BCUT2D eigenvalue weighted by molar-refractivity contribution is 5.85. The van der Waals surface area contributed by atoms with Crippen molar-refractivity contribution in [1.29, 1.82) is 0 Å². The van der Waals surface area contributed by atoms with Gasteiger partial charge in [0.15, 0.2) is 0 Å². The molecule has 0 bridgehead atoms. The van der Waals surface area contributed by atoms with Gasteiger partial charge in [0.05, 0.1) is 0 Å². The summed E-state index contributed by atoms with van der Waals surface area (Å²) in [5.74, 6) is 1.12. The fourth-order valence-electron chi connectivity index (χ4n) is 2.30. The first-order valence-corrected chi connectivity index (χ1v) is 6.25. The predicted octanol–water partition coefficient (Wildman–Crippen LogP) is 1.94. The molecule has 2 saturated carbocycles. The van der Waals surface area contributed by atoms with Crippen molar-refractivity contribution in [3.8, 4) is 0 Å². The molecule has 1 amide bonds. The molecule has 2 aliphatic carbocycles. The van der Waals surface area contributed by atoms with Gasteiger partial charge >= 0.3 is 0 Å². The predicted molar refractivity (Wildman–Crippen MR) is 67.6 cm³/mol. The maximum absolute atomic E-state index is 12.0. The third-order valence-corrected chi connectivity index (χ3v) is 3.57. The average Bonchev–Trinajstić information content (AvgIpc) is 3.02. The Balaban J connectivity index is 0.00000128. The van der Waals surface area contributed by atoms with Gasteiger partial charge in [-0.2, -0.15) is 0 Å². The lowest BCUT2D eigenvalue weighted by atomic mass is 10.1. The molecule has 2 N–H and O–H groups in total. The summed E-state index contributed by atoms with van der Waals surface area (Å²) in [6.45, 7) is 2.85. The average molecular weight is 247 g/mol. The minimum atomic E-state index is 0. The van der Waals surface area contributed by atoms with E-state index in [1.807, 2.05) is 0 Å². The van der Waals surface area contributed by atoms with E-state index in [2.05, 4.69) is 11.8 Å². The van der Waals surface area contributed by atoms with E-state index >= 15 is 0 Å². The van der Waals surface area contributed by atoms with E-state index in [1.165, 1.54) is 25.7 Å². The van der Waals surface area contributed by atoms with Crippen LogP contribution in [0, 0.1) is 5.92 Å². The van der Waals surface area contributed by atoms with Crippen LogP contribution in [0.15, 0.2) is 0 Å². The van der Waals surface area contributed by atoms with Crippen LogP contribution in [0.3, 0.4) is 0 Å². The third-order valence-electron chi connectivity index (χ3n) is 3.57.